The quantitative estimate of drug-likeness (QED) is 0.575. The van der Waals surface area contributed by atoms with Crippen LogP contribution in [0.1, 0.15) is 27.7 Å². The van der Waals surface area contributed by atoms with Crippen molar-refractivity contribution >= 4 is 29.5 Å². The molecule has 1 saturated heterocycles. The van der Waals surface area contributed by atoms with Gasteiger partial charge < -0.3 is 29.9 Å². The maximum absolute atomic E-state index is 11.6. The van der Waals surface area contributed by atoms with Crippen molar-refractivity contribution in [1.82, 2.24) is 20.4 Å². The summed E-state index contributed by atoms with van der Waals surface area (Å²) in [6.07, 6.45) is -0.726. The normalized spacial score (nSPS) is 14.8. The predicted octanol–water partition coefficient (Wildman–Crippen LogP) is 1.16. The van der Waals surface area contributed by atoms with Crippen molar-refractivity contribution in [1.29, 1.82) is 0 Å². The van der Waals surface area contributed by atoms with E-state index < -0.39 is 11.7 Å². The summed E-state index contributed by atoms with van der Waals surface area (Å²) >= 11 is 5.33. The first kappa shape index (κ1) is 20.3. The van der Waals surface area contributed by atoms with Crippen LogP contribution in [-0.4, -0.2) is 78.6 Å². The van der Waals surface area contributed by atoms with Gasteiger partial charge >= 0.3 is 12.2 Å². The molecule has 0 bridgehead atoms. The van der Waals surface area contributed by atoms with E-state index in [0.717, 1.165) is 0 Å². The van der Waals surface area contributed by atoms with Crippen LogP contribution in [0.4, 0.5) is 9.59 Å². The zero-order valence-electron chi connectivity index (χ0n) is 14.9. The highest BCUT2D eigenvalue weighted by molar-refractivity contribution is 7.80. The number of amides is 2. The third-order valence-electron chi connectivity index (χ3n) is 3.16. The zero-order valence-corrected chi connectivity index (χ0v) is 15.7. The molecule has 9 heteroatoms. The molecule has 0 aromatic rings. The van der Waals surface area contributed by atoms with E-state index in [-0.39, 0.29) is 6.09 Å². The average molecular weight is 360 g/mol. The number of carbonyl (C=O) groups is 2. The number of nitrogens with one attached hydrogen (secondary N) is 2. The van der Waals surface area contributed by atoms with Crippen LogP contribution >= 0.6 is 12.2 Å². The summed E-state index contributed by atoms with van der Waals surface area (Å²) in [7, 11) is 0. The van der Waals surface area contributed by atoms with Crippen molar-refractivity contribution in [2.45, 2.75) is 33.3 Å². The first-order valence-corrected chi connectivity index (χ1v) is 8.55. The van der Waals surface area contributed by atoms with Gasteiger partial charge in [0.05, 0.1) is 6.61 Å². The number of nitrogens with zero attached hydrogens (tertiary/aromatic N) is 2. The molecular weight excluding hydrogens is 332 g/mol. The van der Waals surface area contributed by atoms with Gasteiger partial charge in [0.2, 0.25) is 0 Å². The molecule has 138 valence electrons. The van der Waals surface area contributed by atoms with Crippen molar-refractivity contribution < 1.29 is 19.1 Å². The van der Waals surface area contributed by atoms with Crippen molar-refractivity contribution in [3.8, 4) is 0 Å². The third-order valence-corrected chi connectivity index (χ3v) is 3.56. The molecule has 2 N–H and O–H groups in total. The van der Waals surface area contributed by atoms with Crippen LogP contribution in [0.25, 0.3) is 0 Å². The first-order chi connectivity index (χ1) is 11.2. The van der Waals surface area contributed by atoms with E-state index in [1.807, 2.05) is 25.7 Å². The topological polar surface area (TPSA) is 83.1 Å². The van der Waals surface area contributed by atoms with Gasteiger partial charge in [-0.25, -0.2) is 9.59 Å². The predicted molar refractivity (Wildman–Crippen MR) is 95.0 cm³/mol. The van der Waals surface area contributed by atoms with Crippen molar-refractivity contribution in [3.05, 3.63) is 0 Å². The van der Waals surface area contributed by atoms with E-state index in [1.54, 1.807) is 11.8 Å². The van der Waals surface area contributed by atoms with Crippen LogP contribution in [0.15, 0.2) is 0 Å². The van der Waals surface area contributed by atoms with Crippen LogP contribution in [0.2, 0.25) is 0 Å². The number of alkyl carbamates (subject to hydrolysis) is 1. The fourth-order valence-electron chi connectivity index (χ4n) is 2.07. The van der Waals surface area contributed by atoms with Gasteiger partial charge in [-0.05, 0) is 39.9 Å². The Morgan fingerprint density at radius 2 is 1.58 bits per heavy atom. The molecule has 0 aromatic heterocycles. The fraction of sp³-hybridized carbons (Fsp3) is 0.800. The maximum Gasteiger partial charge on any atom is 0.409 e. The Labute approximate surface area is 148 Å². The molecule has 2 amide bonds. The Bertz CT molecular complexity index is 445. The van der Waals surface area contributed by atoms with E-state index >= 15 is 0 Å². The second kappa shape index (κ2) is 9.51. The number of ether oxygens (including phenoxy) is 2. The molecule has 1 aliphatic rings. The second-order valence-electron chi connectivity index (χ2n) is 6.33. The largest absolute Gasteiger partial charge is 0.450 e. The van der Waals surface area contributed by atoms with Crippen molar-refractivity contribution in [2.24, 2.45) is 0 Å². The van der Waals surface area contributed by atoms with Crippen LogP contribution in [0.3, 0.4) is 0 Å². The van der Waals surface area contributed by atoms with E-state index in [1.165, 1.54) is 0 Å². The number of hydrogen-bond acceptors (Lipinski definition) is 5. The van der Waals surface area contributed by atoms with Gasteiger partial charge in [0.25, 0.3) is 0 Å². The number of hydrogen-bond donors (Lipinski definition) is 2. The summed E-state index contributed by atoms with van der Waals surface area (Å²) in [6.45, 7) is 11.0. The highest BCUT2D eigenvalue weighted by atomic mass is 32.1. The van der Waals surface area contributed by atoms with Gasteiger partial charge in [-0.3, -0.25) is 0 Å². The van der Waals surface area contributed by atoms with E-state index in [4.69, 9.17) is 21.7 Å². The first-order valence-electron chi connectivity index (χ1n) is 8.14. The summed E-state index contributed by atoms with van der Waals surface area (Å²) in [5.41, 5.74) is -0.509. The highest BCUT2D eigenvalue weighted by Crippen LogP contribution is 2.06. The molecular formula is C15H28N4O4S. The lowest BCUT2D eigenvalue weighted by Crippen LogP contribution is -2.53. The van der Waals surface area contributed by atoms with Crippen LogP contribution in [0, 0.1) is 0 Å². The Morgan fingerprint density at radius 3 is 2.12 bits per heavy atom. The Morgan fingerprint density at radius 1 is 1.04 bits per heavy atom. The number of carbonyl (C=O) groups excluding carboxylic acids is 2. The van der Waals surface area contributed by atoms with Gasteiger partial charge in [-0.2, -0.15) is 0 Å². The standard InChI is InChI=1S/C15H28N4O4S/c1-5-22-14(21)19-10-8-18(9-11-19)12(24)16-6-7-17-13(20)23-15(2,3)4/h5-11H2,1-4H3,(H,16,24)(H,17,20). The molecule has 1 rings (SSSR count). The Balaban J connectivity index is 2.19. The third kappa shape index (κ3) is 7.67. The molecule has 0 unspecified atom stereocenters. The molecule has 0 spiro atoms. The Kier molecular flexibility index (Phi) is 8.03. The molecule has 8 nitrogen and oxygen atoms in total. The van der Waals surface area contributed by atoms with Crippen LogP contribution < -0.4 is 10.6 Å². The van der Waals surface area contributed by atoms with Crippen LogP contribution in [0.5, 0.6) is 0 Å². The molecule has 1 fully saturated rings. The SMILES string of the molecule is CCOC(=O)N1CCN(C(=S)NCCNC(=O)OC(C)(C)C)CC1. The van der Waals surface area contributed by atoms with Crippen molar-refractivity contribution in [3.63, 3.8) is 0 Å². The number of rotatable bonds is 4. The smallest absolute Gasteiger partial charge is 0.409 e. The molecule has 0 aromatic carbocycles. The molecule has 1 aliphatic heterocycles. The van der Waals surface area contributed by atoms with Gasteiger partial charge in [-0.15, -0.1) is 0 Å². The summed E-state index contributed by atoms with van der Waals surface area (Å²) in [5.74, 6) is 0. The molecule has 0 radical (unpaired) electrons. The minimum atomic E-state index is -0.509. The van der Waals surface area contributed by atoms with Crippen LogP contribution in [-0.2, 0) is 9.47 Å². The maximum atomic E-state index is 11.6. The van der Waals surface area contributed by atoms with Gasteiger partial charge in [-0.1, -0.05) is 0 Å². The van der Waals surface area contributed by atoms with E-state index in [9.17, 15) is 9.59 Å². The van der Waals surface area contributed by atoms with E-state index in [0.29, 0.717) is 51.0 Å². The molecule has 0 atom stereocenters. The minimum Gasteiger partial charge on any atom is -0.450 e. The summed E-state index contributed by atoms with van der Waals surface area (Å²) in [5, 5.41) is 6.37. The van der Waals surface area contributed by atoms with Crippen molar-refractivity contribution in [2.75, 3.05) is 45.9 Å². The fourth-order valence-corrected chi connectivity index (χ4v) is 2.35. The zero-order chi connectivity index (χ0) is 18.2. The number of thiocarbonyl (C=S) groups is 1. The second-order valence-corrected chi connectivity index (χ2v) is 6.72. The molecule has 24 heavy (non-hydrogen) atoms. The monoisotopic (exact) mass is 360 g/mol. The lowest BCUT2D eigenvalue weighted by molar-refractivity contribution is 0.0529. The van der Waals surface area contributed by atoms with Gasteiger partial charge in [0.1, 0.15) is 5.60 Å². The molecule has 1 heterocycles. The summed E-state index contributed by atoms with van der Waals surface area (Å²) in [6, 6.07) is 0. The summed E-state index contributed by atoms with van der Waals surface area (Å²) < 4.78 is 10.1. The lowest BCUT2D eigenvalue weighted by Gasteiger charge is -2.35. The lowest BCUT2D eigenvalue weighted by atomic mass is 10.2. The van der Waals surface area contributed by atoms with E-state index in [2.05, 4.69) is 10.6 Å². The Hall–Kier alpha value is -1.77. The average Bonchev–Trinajstić information content (AvgIpc) is 2.50. The van der Waals surface area contributed by atoms with Gasteiger partial charge in [0.15, 0.2) is 5.11 Å². The highest BCUT2D eigenvalue weighted by Gasteiger charge is 2.23. The van der Waals surface area contributed by atoms with Gasteiger partial charge in [0, 0.05) is 39.3 Å². The molecule has 0 saturated carbocycles. The summed E-state index contributed by atoms with van der Waals surface area (Å²) in [4.78, 5) is 26.8. The number of piperazine rings is 1. The molecule has 0 aliphatic carbocycles. The minimum absolute atomic E-state index is 0.280.